The summed E-state index contributed by atoms with van der Waals surface area (Å²) in [7, 11) is 0. The number of benzene rings is 1. The molecule has 136 valence electrons. The molecule has 0 heterocycles. The van der Waals surface area contributed by atoms with Crippen LogP contribution in [0.1, 0.15) is 32.8 Å². The minimum Gasteiger partial charge on any atom is -0.357 e. The molecule has 1 amide bonds. The van der Waals surface area contributed by atoms with E-state index >= 15 is 0 Å². The molecule has 0 atom stereocenters. The Labute approximate surface area is 161 Å². The molecule has 1 aromatic rings. The molecular weight excluding hydrogens is 422 g/mol. The van der Waals surface area contributed by atoms with Gasteiger partial charge in [-0.1, -0.05) is 12.1 Å². The van der Waals surface area contributed by atoms with Crippen LogP contribution in [-0.2, 0) is 11.3 Å². The minimum atomic E-state index is -0.263. The van der Waals surface area contributed by atoms with Crippen molar-refractivity contribution in [2.24, 2.45) is 4.99 Å². The summed E-state index contributed by atoms with van der Waals surface area (Å²) in [5, 5.41) is 6.26. The summed E-state index contributed by atoms with van der Waals surface area (Å²) in [5.41, 5.74) is 0.807. The van der Waals surface area contributed by atoms with Crippen molar-refractivity contribution in [1.82, 2.24) is 15.5 Å². The molecular formula is C17H28FIN4O. The van der Waals surface area contributed by atoms with Crippen molar-refractivity contribution < 1.29 is 9.18 Å². The first-order valence-electron chi connectivity index (χ1n) is 8.15. The van der Waals surface area contributed by atoms with Gasteiger partial charge in [-0.3, -0.25) is 4.79 Å². The van der Waals surface area contributed by atoms with Crippen molar-refractivity contribution in [3.63, 3.8) is 0 Å². The van der Waals surface area contributed by atoms with Crippen LogP contribution in [0.2, 0.25) is 0 Å². The minimum absolute atomic E-state index is 0. The number of rotatable bonds is 8. The van der Waals surface area contributed by atoms with Gasteiger partial charge in [0.1, 0.15) is 5.82 Å². The first-order valence-corrected chi connectivity index (χ1v) is 8.15. The van der Waals surface area contributed by atoms with Crippen LogP contribution in [0.15, 0.2) is 29.3 Å². The zero-order chi connectivity index (χ0) is 17.1. The van der Waals surface area contributed by atoms with Gasteiger partial charge in [-0.05, 0) is 38.5 Å². The van der Waals surface area contributed by atoms with Gasteiger partial charge < -0.3 is 15.5 Å². The molecule has 0 fully saturated rings. The Bertz CT molecular complexity index is 521. The number of carbonyl (C=O) groups is 1. The van der Waals surface area contributed by atoms with Gasteiger partial charge in [0.15, 0.2) is 5.96 Å². The van der Waals surface area contributed by atoms with Gasteiger partial charge in [0.05, 0.1) is 6.54 Å². The van der Waals surface area contributed by atoms with E-state index in [9.17, 15) is 9.18 Å². The average molecular weight is 450 g/mol. The molecule has 0 spiro atoms. The van der Waals surface area contributed by atoms with Gasteiger partial charge in [-0.15, -0.1) is 24.0 Å². The SMILES string of the molecule is CCNC(=NCc1cccc(F)c1)NCCC(=O)N(CC)CC.I. The highest BCUT2D eigenvalue weighted by atomic mass is 127. The number of halogens is 2. The normalized spacial score (nSPS) is 10.8. The lowest BCUT2D eigenvalue weighted by Crippen LogP contribution is -2.40. The third-order valence-corrected chi connectivity index (χ3v) is 3.40. The zero-order valence-electron chi connectivity index (χ0n) is 14.6. The summed E-state index contributed by atoms with van der Waals surface area (Å²) in [4.78, 5) is 18.2. The summed E-state index contributed by atoms with van der Waals surface area (Å²) in [6.45, 7) is 8.99. The average Bonchev–Trinajstić information content (AvgIpc) is 2.54. The topological polar surface area (TPSA) is 56.7 Å². The van der Waals surface area contributed by atoms with E-state index in [1.165, 1.54) is 12.1 Å². The number of nitrogens with zero attached hydrogens (tertiary/aromatic N) is 2. The second-order valence-electron chi connectivity index (χ2n) is 5.07. The number of hydrogen-bond donors (Lipinski definition) is 2. The van der Waals surface area contributed by atoms with Crippen LogP contribution in [0.25, 0.3) is 0 Å². The molecule has 1 aromatic carbocycles. The van der Waals surface area contributed by atoms with E-state index in [0.29, 0.717) is 25.5 Å². The number of nitrogens with one attached hydrogen (secondary N) is 2. The fourth-order valence-electron chi connectivity index (χ4n) is 2.17. The van der Waals surface area contributed by atoms with E-state index in [1.807, 2.05) is 26.8 Å². The molecule has 5 nitrogen and oxygen atoms in total. The first-order chi connectivity index (χ1) is 11.1. The van der Waals surface area contributed by atoms with Gasteiger partial charge in [-0.2, -0.15) is 0 Å². The van der Waals surface area contributed by atoms with Crippen molar-refractivity contribution in [1.29, 1.82) is 0 Å². The summed E-state index contributed by atoms with van der Waals surface area (Å²) < 4.78 is 13.2. The molecule has 0 unspecified atom stereocenters. The van der Waals surface area contributed by atoms with E-state index in [1.54, 1.807) is 11.0 Å². The standard InChI is InChI=1S/C17H27FN4O.HI/c1-4-19-17(20-11-10-16(23)22(5-2)6-3)21-13-14-8-7-9-15(18)12-14;/h7-9,12H,4-6,10-11,13H2,1-3H3,(H2,19,20,21);1H. The molecule has 0 bridgehead atoms. The molecule has 0 aliphatic rings. The molecule has 1 rings (SSSR count). The summed E-state index contributed by atoms with van der Waals surface area (Å²) in [5.74, 6) is 0.494. The largest absolute Gasteiger partial charge is 0.357 e. The Morgan fingerprint density at radius 2 is 1.92 bits per heavy atom. The second kappa shape index (κ2) is 13.0. The molecule has 7 heteroatoms. The summed E-state index contributed by atoms with van der Waals surface area (Å²) in [6.07, 6.45) is 0.423. The lowest BCUT2D eigenvalue weighted by atomic mass is 10.2. The highest BCUT2D eigenvalue weighted by molar-refractivity contribution is 14.0. The highest BCUT2D eigenvalue weighted by Gasteiger charge is 2.09. The van der Waals surface area contributed by atoms with Crippen molar-refractivity contribution in [2.45, 2.75) is 33.7 Å². The van der Waals surface area contributed by atoms with Crippen molar-refractivity contribution in [3.8, 4) is 0 Å². The number of guanidine groups is 1. The Balaban J connectivity index is 0.00000529. The Morgan fingerprint density at radius 1 is 1.21 bits per heavy atom. The van der Waals surface area contributed by atoms with Gasteiger partial charge in [0, 0.05) is 32.6 Å². The predicted octanol–water partition coefficient (Wildman–Crippen LogP) is 2.76. The maximum atomic E-state index is 13.2. The summed E-state index contributed by atoms with van der Waals surface area (Å²) >= 11 is 0. The molecule has 0 radical (unpaired) electrons. The fraction of sp³-hybridized carbons (Fsp3) is 0.529. The second-order valence-corrected chi connectivity index (χ2v) is 5.07. The van der Waals surface area contributed by atoms with E-state index in [0.717, 1.165) is 25.2 Å². The van der Waals surface area contributed by atoms with E-state index in [4.69, 9.17) is 0 Å². The Kier molecular flexibility index (Phi) is 12.2. The molecule has 24 heavy (non-hydrogen) atoms. The Morgan fingerprint density at radius 3 is 2.50 bits per heavy atom. The number of aliphatic imine (C=N–C) groups is 1. The zero-order valence-corrected chi connectivity index (χ0v) is 17.0. The predicted molar refractivity (Wildman–Crippen MR) is 107 cm³/mol. The smallest absolute Gasteiger partial charge is 0.224 e. The summed E-state index contributed by atoms with van der Waals surface area (Å²) in [6, 6.07) is 6.38. The maximum Gasteiger partial charge on any atom is 0.224 e. The number of carbonyl (C=O) groups excluding carboxylic acids is 1. The highest BCUT2D eigenvalue weighted by Crippen LogP contribution is 2.04. The van der Waals surface area contributed by atoms with Crippen LogP contribution < -0.4 is 10.6 Å². The number of hydrogen-bond acceptors (Lipinski definition) is 2. The van der Waals surface area contributed by atoms with Crippen LogP contribution in [0.3, 0.4) is 0 Å². The number of amides is 1. The third kappa shape index (κ3) is 8.47. The molecule has 0 aliphatic heterocycles. The van der Waals surface area contributed by atoms with Crippen LogP contribution >= 0.6 is 24.0 Å². The lowest BCUT2D eigenvalue weighted by Gasteiger charge is -2.19. The van der Waals surface area contributed by atoms with Crippen molar-refractivity contribution in [2.75, 3.05) is 26.2 Å². The van der Waals surface area contributed by atoms with Gasteiger partial charge in [-0.25, -0.2) is 9.38 Å². The molecule has 0 saturated heterocycles. The van der Waals surface area contributed by atoms with Gasteiger partial charge in [0.25, 0.3) is 0 Å². The molecule has 0 aliphatic carbocycles. The van der Waals surface area contributed by atoms with Crippen LogP contribution in [-0.4, -0.2) is 42.9 Å². The fourth-order valence-corrected chi connectivity index (χ4v) is 2.17. The van der Waals surface area contributed by atoms with Crippen LogP contribution in [0, 0.1) is 5.82 Å². The van der Waals surface area contributed by atoms with Crippen LogP contribution in [0.4, 0.5) is 4.39 Å². The molecule has 2 N–H and O–H groups in total. The van der Waals surface area contributed by atoms with E-state index in [2.05, 4.69) is 15.6 Å². The van der Waals surface area contributed by atoms with Crippen molar-refractivity contribution in [3.05, 3.63) is 35.6 Å². The maximum absolute atomic E-state index is 13.2. The van der Waals surface area contributed by atoms with E-state index in [-0.39, 0.29) is 35.7 Å². The monoisotopic (exact) mass is 450 g/mol. The lowest BCUT2D eigenvalue weighted by molar-refractivity contribution is -0.130. The third-order valence-electron chi connectivity index (χ3n) is 3.40. The molecule has 0 aromatic heterocycles. The van der Waals surface area contributed by atoms with E-state index < -0.39 is 0 Å². The van der Waals surface area contributed by atoms with Gasteiger partial charge >= 0.3 is 0 Å². The molecule has 0 saturated carbocycles. The van der Waals surface area contributed by atoms with Crippen molar-refractivity contribution >= 4 is 35.8 Å². The van der Waals surface area contributed by atoms with Gasteiger partial charge in [0.2, 0.25) is 5.91 Å². The Hall–Kier alpha value is -1.38. The quantitative estimate of drug-likeness (QED) is 0.364. The van der Waals surface area contributed by atoms with Crippen LogP contribution in [0.5, 0.6) is 0 Å². The first kappa shape index (κ1) is 22.6.